The van der Waals surface area contributed by atoms with Gasteiger partial charge in [0.15, 0.2) is 11.6 Å². The summed E-state index contributed by atoms with van der Waals surface area (Å²) in [6.45, 7) is 4.45. The standard InChI is InChI=1S/C32H44N2O3/c1-2-3-23-37-31-26-33-32(34-27-31)28-19-21-30(22-20-28)36-25-16-11-9-7-5-4-6-8-10-15-24-35-29-17-13-12-14-18-29/h12-14,17-22,26-27H,2-11,15-16,23-25H2,1H3. The molecule has 2 aromatic carbocycles. The highest BCUT2D eigenvalue weighted by atomic mass is 16.5. The molecule has 0 saturated carbocycles. The molecule has 0 aliphatic rings. The third kappa shape index (κ3) is 12.1. The maximum Gasteiger partial charge on any atom is 0.159 e. The Balaban J connectivity index is 1.14. The minimum Gasteiger partial charge on any atom is -0.494 e. The monoisotopic (exact) mass is 504 g/mol. The van der Waals surface area contributed by atoms with E-state index in [1.807, 2.05) is 54.6 Å². The van der Waals surface area contributed by atoms with Crippen molar-refractivity contribution in [2.45, 2.75) is 84.0 Å². The Morgan fingerprint density at radius 2 is 0.946 bits per heavy atom. The first-order valence-corrected chi connectivity index (χ1v) is 14.2. The van der Waals surface area contributed by atoms with E-state index >= 15 is 0 Å². The van der Waals surface area contributed by atoms with Gasteiger partial charge >= 0.3 is 0 Å². The van der Waals surface area contributed by atoms with E-state index in [0.29, 0.717) is 12.4 Å². The lowest BCUT2D eigenvalue weighted by Gasteiger charge is -2.08. The van der Waals surface area contributed by atoms with Crippen LogP contribution in [0.1, 0.15) is 84.0 Å². The molecule has 1 heterocycles. The van der Waals surface area contributed by atoms with Crippen LogP contribution < -0.4 is 14.2 Å². The number of benzene rings is 2. The van der Waals surface area contributed by atoms with Crippen molar-refractivity contribution < 1.29 is 14.2 Å². The van der Waals surface area contributed by atoms with Crippen molar-refractivity contribution in [1.29, 1.82) is 0 Å². The fourth-order valence-electron chi connectivity index (χ4n) is 4.09. The van der Waals surface area contributed by atoms with E-state index in [2.05, 4.69) is 16.9 Å². The fraction of sp³-hybridized carbons (Fsp3) is 0.500. The van der Waals surface area contributed by atoms with Crippen molar-refractivity contribution in [1.82, 2.24) is 9.97 Å². The zero-order valence-corrected chi connectivity index (χ0v) is 22.6. The Kier molecular flexibility index (Phi) is 14.0. The molecule has 5 heteroatoms. The topological polar surface area (TPSA) is 53.5 Å². The van der Waals surface area contributed by atoms with Crippen molar-refractivity contribution in [3.8, 4) is 28.6 Å². The van der Waals surface area contributed by atoms with E-state index in [-0.39, 0.29) is 0 Å². The second kappa shape index (κ2) is 18.2. The molecule has 5 nitrogen and oxygen atoms in total. The number of hydrogen-bond acceptors (Lipinski definition) is 5. The molecule has 0 saturated heterocycles. The molecule has 200 valence electrons. The van der Waals surface area contributed by atoms with Gasteiger partial charge in [0.05, 0.1) is 32.2 Å². The smallest absolute Gasteiger partial charge is 0.159 e. The second-order valence-electron chi connectivity index (χ2n) is 9.51. The average molecular weight is 505 g/mol. The van der Waals surface area contributed by atoms with Gasteiger partial charge in [-0.1, -0.05) is 82.9 Å². The van der Waals surface area contributed by atoms with Crippen LogP contribution in [0.3, 0.4) is 0 Å². The zero-order chi connectivity index (χ0) is 25.8. The van der Waals surface area contributed by atoms with Crippen LogP contribution in [0.4, 0.5) is 0 Å². The molecule has 0 unspecified atom stereocenters. The number of ether oxygens (including phenoxy) is 3. The minimum absolute atomic E-state index is 0.700. The molecule has 0 bridgehead atoms. The van der Waals surface area contributed by atoms with Crippen molar-refractivity contribution >= 4 is 0 Å². The average Bonchev–Trinajstić information content (AvgIpc) is 2.95. The van der Waals surface area contributed by atoms with Gasteiger partial charge in [0.2, 0.25) is 0 Å². The van der Waals surface area contributed by atoms with Crippen LogP contribution in [-0.2, 0) is 0 Å². The number of rotatable bonds is 20. The molecule has 3 aromatic rings. The Hall–Kier alpha value is -3.08. The van der Waals surface area contributed by atoms with E-state index in [1.165, 1.54) is 51.4 Å². The maximum atomic E-state index is 5.92. The molecular weight excluding hydrogens is 460 g/mol. The van der Waals surface area contributed by atoms with Gasteiger partial charge in [-0.05, 0) is 55.7 Å². The summed E-state index contributed by atoms with van der Waals surface area (Å²) < 4.78 is 17.3. The molecule has 0 radical (unpaired) electrons. The molecule has 0 aliphatic heterocycles. The highest BCUT2D eigenvalue weighted by Crippen LogP contribution is 2.21. The lowest BCUT2D eigenvalue weighted by molar-refractivity contribution is 0.303. The van der Waals surface area contributed by atoms with Crippen LogP contribution in [0.5, 0.6) is 17.2 Å². The lowest BCUT2D eigenvalue weighted by atomic mass is 10.1. The summed E-state index contributed by atoms with van der Waals surface area (Å²) in [5.74, 6) is 3.30. The van der Waals surface area contributed by atoms with E-state index in [1.54, 1.807) is 12.4 Å². The Morgan fingerprint density at radius 3 is 1.49 bits per heavy atom. The highest BCUT2D eigenvalue weighted by molar-refractivity contribution is 5.56. The molecular formula is C32H44N2O3. The van der Waals surface area contributed by atoms with Crippen LogP contribution in [-0.4, -0.2) is 29.8 Å². The quantitative estimate of drug-likeness (QED) is 0.144. The second-order valence-corrected chi connectivity index (χ2v) is 9.51. The minimum atomic E-state index is 0.700. The van der Waals surface area contributed by atoms with E-state index in [4.69, 9.17) is 14.2 Å². The third-order valence-corrected chi connectivity index (χ3v) is 6.33. The summed E-state index contributed by atoms with van der Waals surface area (Å²) in [6.07, 6.45) is 18.3. The summed E-state index contributed by atoms with van der Waals surface area (Å²) in [7, 11) is 0. The lowest BCUT2D eigenvalue weighted by Crippen LogP contribution is -1.99. The van der Waals surface area contributed by atoms with E-state index in [9.17, 15) is 0 Å². The number of hydrogen-bond donors (Lipinski definition) is 0. The van der Waals surface area contributed by atoms with Crippen molar-refractivity contribution in [3.63, 3.8) is 0 Å². The number of unbranched alkanes of at least 4 members (excludes halogenated alkanes) is 10. The molecule has 37 heavy (non-hydrogen) atoms. The molecule has 0 fully saturated rings. The number of nitrogens with zero attached hydrogens (tertiary/aromatic N) is 2. The molecule has 3 rings (SSSR count). The Morgan fingerprint density at radius 1 is 0.486 bits per heavy atom. The van der Waals surface area contributed by atoms with Crippen LogP contribution in [0.2, 0.25) is 0 Å². The highest BCUT2D eigenvalue weighted by Gasteiger charge is 2.03. The van der Waals surface area contributed by atoms with Crippen LogP contribution in [0.25, 0.3) is 11.4 Å². The van der Waals surface area contributed by atoms with Gasteiger partial charge in [0, 0.05) is 5.56 Å². The predicted molar refractivity (Wildman–Crippen MR) is 151 cm³/mol. The first-order chi connectivity index (χ1) is 18.3. The third-order valence-electron chi connectivity index (χ3n) is 6.33. The normalized spacial score (nSPS) is 10.8. The van der Waals surface area contributed by atoms with Crippen LogP contribution in [0, 0.1) is 0 Å². The predicted octanol–water partition coefficient (Wildman–Crippen LogP) is 8.68. The van der Waals surface area contributed by atoms with Gasteiger partial charge < -0.3 is 14.2 Å². The molecule has 0 N–H and O–H groups in total. The van der Waals surface area contributed by atoms with E-state index < -0.39 is 0 Å². The van der Waals surface area contributed by atoms with Crippen molar-refractivity contribution in [2.24, 2.45) is 0 Å². The van der Waals surface area contributed by atoms with Gasteiger partial charge in [0.25, 0.3) is 0 Å². The largest absolute Gasteiger partial charge is 0.494 e. The number of aromatic nitrogens is 2. The summed E-state index contributed by atoms with van der Waals surface area (Å²) >= 11 is 0. The molecule has 1 aromatic heterocycles. The van der Waals surface area contributed by atoms with Gasteiger partial charge in [-0.3, -0.25) is 0 Å². The maximum absolute atomic E-state index is 5.92. The zero-order valence-electron chi connectivity index (χ0n) is 22.6. The van der Waals surface area contributed by atoms with Crippen molar-refractivity contribution in [3.05, 3.63) is 67.0 Å². The molecule has 0 amide bonds. The van der Waals surface area contributed by atoms with Gasteiger partial charge in [-0.2, -0.15) is 0 Å². The van der Waals surface area contributed by atoms with E-state index in [0.717, 1.165) is 61.7 Å². The van der Waals surface area contributed by atoms with Gasteiger partial charge in [0.1, 0.15) is 11.5 Å². The summed E-state index contributed by atoms with van der Waals surface area (Å²) in [4.78, 5) is 8.85. The molecule has 0 spiro atoms. The summed E-state index contributed by atoms with van der Waals surface area (Å²) in [5, 5.41) is 0. The summed E-state index contributed by atoms with van der Waals surface area (Å²) in [6, 6.07) is 18.1. The Bertz CT molecular complexity index is 946. The molecule has 0 aliphatic carbocycles. The fourth-order valence-corrected chi connectivity index (χ4v) is 4.09. The van der Waals surface area contributed by atoms with Gasteiger partial charge in [-0.15, -0.1) is 0 Å². The first kappa shape index (κ1) is 28.5. The SMILES string of the molecule is CCCCOc1cnc(-c2ccc(OCCCCCCCCCCCCOc3ccccc3)cc2)nc1. The summed E-state index contributed by atoms with van der Waals surface area (Å²) in [5.41, 5.74) is 0.980. The van der Waals surface area contributed by atoms with Gasteiger partial charge in [-0.25, -0.2) is 9.97 Å². The van der Waals surface area contributed by atoms with Crippen LogP contribution >= 0.6 is 0 Å². The Labute approximate surface area is 223 Å². The van der Waals surface area contributed by atoms with Crippen LogP contribution in [0.15, 0.2) is 67.0 Å². The number of para-hydroxylation sites is 1. The van der Waals surface area contributed by atoms with Crippen molar-refractivity contribution in [2.75, 3.05) is 19.8 Å². The molecule has 0 atom stereocenters. The first-order valence-electron chi connectivity index (χ1n) is 14.2.